The summed E-state index contributed by atoms with van der Waals surface area (Å²) in [5, 5.41) is 13.1. The van der Waals surface area contributed by atoms with Gasteiger partial charge in [0.05, 0.1) is 5.56 Å². The number of amides is 1. The first-order valence-corrected chi connectivity index (χ1v) is 6.45. The fraction of sp³-hybridized carbons (Fsp3) is 0.500. The summed E-state index contributed by atoms with van der Waals surface area (Å²) in [5.74, 6) is -0.859. The Morgan fingerprint density at radius 1 is 1.35 bits per heavy atom. The molecule has 0 aromatic carbocycles. The Morgan fingerprint density at radius 2 is 2.06 bits per heavy atom. The van der Waals surface area contributed by atoms with Crippen molar-refractivity contribution in [3.8, 4) is 0 Å². The third kappa shape index (κ3) is 4.19. The van der Waals surface area contributed by atoms with Crippen molar-refractivity contribution in [1.82, 2.24) is 5.32 Å². The molecule has 2 N–H and O–H groups in total. The molecule has 1 heterocycles. The number of carboxylic acid groups (broad SMARTS) is 1. The molecule has 0 atom stereocenters. The molecular weight excluding hydrogens is 238 g/mol. The van der Waals surface area contributed by atoms with Gasteiger partial charge in [0, 0.05) is 23.2 Å². The molecule has 4 nitrogen and oxygen atoms in total. The van der Waals surface area contributed by atoms with Gasteiger partial charge in [0.25, 0.3) is 5.91 Å². The molecule has 0 spiro atoms. The second-order valence-corrected chi connectivity index (χ2v) is 5.02. The van der Waals surface area contributed by atoms with E-state index in [-0.39, 0.29) is 12.3 Å². The molecule has 0 aliphatic carbocycles. The number of aliphatic carboxylic acids is 1. The van der Waals surface area contributed by atoms with Gasteiger partial charge in [-0.05, 0) is 32.3 Å². The number of carboxylic acids is 1. The Balaban J connectivity index is 2.31. The molecule has 1 aromatic heterocycles. The minimum Gasteiger partial charge on any atom is -0.481 e. The van der Waals surface area contributed by atoms with Crippen LogP contribution in [0.2, 0.25) is 0 Å². The summed E-state index contributed by atoms with van der Waals surface area (Å²) in [6.07, 6.45) is 1.45. The highest BCUT2D eigenvalue weighted by Gasteiger charge is 2.11. The zero-order valence-corrected chi connectivity index (χ0v) is 10.9. The highest BCUT2D eigenvalue weighted by molar-refractivity contribution is 7.10. The molecule has 94 valence electrons. The molecule has 0 radical (unpaired) electrons. The van der Waals surface area contributed by atoms with Gasteiger partial charge < -0.3 is 10.4 Å². The first-order valence-electron chi connectivity index (χ1n) is 5.57. The van der Waals surface area contributed by atoms with Crippen LogP contribution >= 0.6 is 11.3 Å². The molecule has 17 heavy (non-hydrogen) atoms. The molecule has 1 rings (SSSR count). The van der Waals surface area contributed by atoms with Crippen molar-refractivity contribution in [2.75, 3.05) is 6.54 Å². The van der Waals surface area contributed by atoms with Gasteiger partial charge >= 0.3 is 5.97 Å². The van der Waals surface area contributed by atoms with Crippen LogP contribution in [-0.2, 0) is 4.79 Å². The Morgan fingerprint density at radius 3 is 2.59 bits per heavy atom. The summed E-state index contributed by atoms with van der Waals surface area (Å²) >= 11 is 1.57. The predicted octanol–water partition coefficient (Wildman–Crippen LogP) is 2.35. The third-order valence-corrected chi connectivity index (χ3v) is 3.65. The number of rotatable bonds is 6. The number of thiophene rings is 1. The van der Waals surface area contributed by atoms with Crippen LogP contribution in [0.3, 0.4) is 0 Å². The second-order valence-electron chi connectivity index (χ2n) is 3.94. The van der Waals surface area contributed by atoms with Crippen LogP contribution in [0.1, 0.15) is 40.1 Å². The molecule has 0 unspecified atom stereocenters. The average molecular weight is 255 g/mol. The van der Waals surface area contributed by atoms with Crippen LogP contribution in [-0.4, -0.2) is 23.5 Å². The SMILES string of the molecule is Cc1scc(C(=O)NCCCCC(=O)O)c1C. The van der Waals surface area contributed by atoms with E-state index in [0.717, 1.165) is 16.0 Å². The molecule has 5 heteroatoms. The number of nitrogens with one attached hydrogen (secondary N) is 1. The molecular formula is C12H17NO3S. The van der Waals surface area contributed by atoms with Crippen molar-refractivity contribution in [1.29, 1.82) is 0 Å². The zero-order chi connectivity index (χ0) is 12.8. The minimum absolute atomic E-state index is 0.0674. The molecule has 1 aromatic rings. The van der Waals surface area contributed by atoms with Crippen LogP contribution in [0.25, 0.3) is 0 Å². The summed E-state index contributed by atoms with van der Waals surface area (Å²) in [6.45, 7) is 4.45. The summed E-state index contributed by atoms with van der Waals surface area (Å²) in [4.78, 5) is 23.2. The van der Waals surface area contributed by atoms with E-state index in [1.54, 1.807) is 11.3 Å². The Bertz CT molecular complexity index is 412. The summed E-state index contributed by atoms with van der Waals surface area (Å²) < 4.78 is 0. The Kier molecular flexibility index (Phi) is 5.15. The monoisotopic (exact) mass is 255 g/mol. The highest BCUT2D eigenvalue weighted by atomic mass is 32.1. The van der Waals surface area contributed by atoms with Crippen LogP contribution in [0.15, 0.2) is 5.38 Å². The number of carbonyl (C=O) groups is 2. The van der Waals surface area contributed by atoms with E-state index in [4.69, 9.17) is 5.11 Å². The maximum atomic E-state index is 11.8. The molecule has 0 saturated carbocycles. The fourth-order valence-electron chi connectivity index (χ4n) is 1.44. The van der Waals surface area contributed by atoms with E-state index < -0.39 is 5.97 Å². The molecule has 0 saturated heterocycles. The van der Waals surface area contributed by atoms with Crippen molar-refractivity contribution in [2.45, 2.75) is 33.1 Å². The number of unbranched alkanes of at least 4 members (excludes halogenated alkanes) is 1. The molecule has 0 fully saturated rings. The van der Waals surface area contributed by atoms with Crippen molar-refractivity contribution >= 4 is 23.2 Å². The number of hydrogen-bond donors (Lipinski definition) is 2. The second kappa shape index (κ2) is 6.39. The van der Waals surface area contributed by atoms with E-state index in [1.165, 1.54) is 0 Å². The van der Waals surface area contributed by atoms with E-state index in [2.05, 4.69) is 5.32 Å². The van der Waals surface area contributed by atoms with Gasteiger partial charge in [0.15, 0.2) is 0 Å². The largest absolute Gasteiger partial charge is 0.481 e. The maximum absolute atomic E-state index is 11.8. The topological polar surface area (TPSA) is 66.4 Å². The highest BCUT2D eigenvalue weighted by Crippen LogP contribution is 2.20. The minimum atomic E-state index is -0.791. The van der Waals surface area contributed by atoms with Crippen molar-refractivity contribution in [3.63, 3.8) is 0 Å². The fourth-order valence-corrected chi connectivity index (χ4v) is 2.30. The first-order chi connectivity index (χ1) is 8.02. The van der Waals surface area contributed by atoms with Crippen molar-refractivity contribution in [2.24, 2.45) is 0 Å². The smallest absolute Gasteiger partial charge is 0.303 e. The molecule has 1 amide bonds. The van der Waals surface area contributed by atoms with Crippen LogP contribution < -0.4 is 5.32 Å². The van der Waals surface area contributed by atoms with Crippen LogP contribution in [0.4, 0.5) is 0 Å². The van der Waals surface area contributed by atoms with Gasteiger partial charge in [-0.2, -0.15) is 0 Å². The van der Waals surface area contributed by atoms with Gasteiger partial charge in [-0.25, -0.2) is 0 Å². The van der Waals surface area contributed by atoms with Gasteiger partial charge in [0.2, 0.25) is 0 Å². The number of hydrogen-bond acceptors (Lipinski definition) is 3. The lowest BCUT2D eigenvalue weighted by Crippen LogP contribution is -2.24. The van der Waals surface area contributed by atoms with Gasteiger partial charge in [0.1, 0.15) is 0 Å². The summed E-state index contributed by atoms with van der Waals surface area (Å²) in [7, 11) is 0. The quantitative estimate of drug-likeness (QED) is 0.767. The third-order valence-electron chi connectivity index (χ3n) is 2.63. The molecule has 0 aliphatic rings. The lowest BCUT2D eigenvalue weighted by Gasteiger charge is -2.04. The summed E-state index contributed by atoms with van der Waals surface area (Å²) in [6, 6.07) is 0. The molecule has 0 aliphatic heterocycles. The first kappa shape index (κ1) is 13.7. The lowest BCUT2D eigenvalue weighted by atomic mass is 10.1. The normalized spacial score (nSPS) is 10.2. The van der Waals surface area contributed by atoms with Crippen LogP contribution in [0, 0.1) is 13.8 Å². The van der Waals surface area contributed by atoms with E-state index >= 15 is 0 Å². The average Bonchev–Trinajstić information content (AvgIpc) is 2.59. The van der Waals surface area contributed by atoms with E-state index in [1.807, 2.05) is 19.2 Å². The van der Waals surface area contributed by atoms with E-state index in [0.29, 0.717) is 19.4 Å². The maximum Gasteiger partial charge on any atom is 0.303 e. The van der Waals surface area contributed by atoms with Gasteiger partial charge in [-0.1, -0.05) is 0 Å². The van der Waals surface area contributed by atoms with Crippen LogP contribution in [0.5, 0.6) is 0 Å². The number of carbonyl (C=O) groups excluding carboxylic acids is 1. The lowest BCUT2D eigenvalue weighted by molar-refractivity contribution is -0.137. The molecule has 0 bridgehead atoms. The van der Waals surface area contributed by atoms with E-state index in [9.17, 15) is 9.59 Å². The summed E-state index contributed by atoms with van der Waals surface area (Å²) in [5.41, 5.74) is 1.75. The Labute approximate surface area is 105 Å². The van der Waals surface area contributed by atoms with Crippen molar-refractivity contribution < 1.29 is 14.7 Å². The zero-order valence-electron chi connectivity index (χ0n) is 10.1. The predicted molar refractivity (Wildman–Crippen MR) is 67.6 cm³/mol. The van der Waals surface area contributed by atoms with Gasteiger partial charge in [-0.3, -0.25) is 9.59 Å². The standard InChI is InChI=1S/C12H17NO3S/c1-8-9(2)17-7-10(8)12(16)13-6-4-3-5-11(14)15/h7H,3-6H2,1-2H3,(H,13,16)(H,14,15). The Hall–Kier alpha value is -1.36. The number of aryl methyl sites for hydroxylation is 1. The van der Waals surface area contributed by atoms with Gasteiger partial charge in [-0.15, -0.1) is 11.3 Å². The van der Waals surface area contributed by atoms with Crippen molar-refractivity contribution in [3.05, 3.63) is 21.4 Å².